The molecule has 2 unspecified atom stereocenters. The third kappa shape index (κ3) is 11.0. The Balaban J connectivity index is 1.41. The second-order valence-corrected chi connectivity index (χ2v) is 12.4. The average molecular weight is 667 g/mol. The number of ether oxygens (including phenoxy) is 1. The second-order valence-electron chi connectivity index (χ2n) is 12.4. The number of aliphatic carboxylic acids is 1. The molecule has 1 heterocycles. The van der Waals surface area contributed by atoms with Crippen LogP contribution in [0.15, 0.2) is 85.2 Å². The van der Waals surface area contributed by atoms with E-state index < -0.39 is 36.5 Å². The quantitative estimate of drug-likeness (QED) is 0.0919. The van der Waals surface area contributed by atoms with Crippen LogP contribution in [0.2, 0.25) is 0 Å². The van der Waals surface area contributed by atoms with E-state index in [0.717, 1.165) is 40.0 Å². The zero-order valence-corrected chi connectivity index (χ0v) is 28.4. The molecule has 258 valence electrons. The Bertz CT molecular complexity index is 1640. The predicted molar refractivity (Wildman–Crippen MR) is 189 cm³/mol. The zero-order valence-electron chi connectivity index (χ0n) is 28.4. The molecule has 49 heavy (non-hydrogen) atoms. The van der Waals surface area contributed by atoms with Gasteiger partial charge in [0.05, 0.1) is 13.2 Å². The molecule has 4 N–H and O–H groups in total. The topological polar surface area (TPSA) is 151 Å². The van der Waals surface area contributed by atoms with Crippen LogP contribution in [0.4, 0.5) is 0 Å². The molecule has 3 aromatic carbocycles. The van der Waals surface area contributed by atoms with Crippen LogP contribution in [0.1, 0.15) is 80.3 Å². The van der Waals surface area contributed by atoms with Crippen molar-refractivity contribution in [1.82, 2.24) is 20.6 Å². The summed E-state index contributed by atoms with van der Waals surface area (Å²) >= 11 is 0. The van der Waals surface area contributed by atoms with Gasteiger partial charge in [-0.05, 0) is 53.3 Å². The average Bonchev–Trinajstić information content (AvgIpc) is 3.12. The van der Waals surface area contributed by atoms with Gasteiger partial charge in [-0.3, -0.25) is 9.59 Å². The van der Waals surface area contributed by atoms with Gasteiger partial charge in [0, 0.05) is 35.5 Å². The first-order chi connectivity index (χ1) is 23.7. The number of unbranched alkanes of at least 4 members (excludes halogenated alkanes) is 4. The highest BCUT2D eigenvalue weighted by Gasteiger charge is 2.27. The van der Waals surface area contributed by atoms with Crippen molar-refractivity contribution in [3.05, 3.63) is 102 Å². The Morgan fingerprint density at radius 2 is 1.39 bits per heavy atom. The number of amides is 2. The minimum Gasteiger partial charge on any atom is -0.494 e. The number of nitrogens with zero attached hydrogens (tertiary/aromatic N) is 2. The number of nitrogens with one attached hydrogen (secondary N) is 2. The summed E-state index contributed by atoms with van der Waals surface area (Å²) in [6.45, 7) is 6.23. The maximum Gasteiger partial charge on any atom is 0.328 e. The molecule has 0 bridgehead atoms. The maximum absolute atomic E-state index is 13.2. The molecular weight excluding hydrogens is 620 g/mol. The Hall–Kier alpha value is -5.09. The molecule has 0 saturated carbocycles. The van der Waals surface area contributed by atoms with Crippen molar-refractivity contribution >= 4 is 17.8 Å². The Morgan fingerprint density at radius 1 is 0.755 bits per heavy atom. The summed E-state index contributed by atoms with van der Waals surface area (Å²) in [6.07, 6.45) is 9.59. The highest BCUT2D eigenvalue weighted by molar-refractivity contribution is 5.98. The highest BCUT2D eigenvalue weighted by Crippen LogP contribution is 2.24. The number of benzene rings is 3. The molecule has 0 fully saturated rings. The van der Waals surface area contributed by atoms with E-state index in [4.69, 9.17) is 4.74 Å². The lowest BCUT2D eigenvalue weighted by Crippen LogP contribution is -2.53. The number of aliphatic hydroxyl groups excluding tert-OH is 1. The van der Waals surface area contributed by atoms with E-state index in [2.05, 4.69) is 41.4 Å². The van der Waals surface area contributed by atoms with Gasteiger partial charge in [0.2, 0.25) is 5.91 Å². The van der Waals surface area contributed by atoms with E-state index in [9.17, 15) is 24.6 Å². The van der Waals surface area contributed by atoms with Crippen LogP contribution in [0.25, 0.3) is 22.5 Å². The lowest BCUT2D eigenvalue weighted by atomic mass is 10.0. The SMILES string of the molecule is CCCCCCCOc1ccc(-c2cnc(-c3ccc(CC(NC(=O)c4ccc(C(C)C)cc4)C(=O)NC(CO)C(=O)O)cc3)nc2)cc1. The summed E-state index contributed by atoms with van der Waals surface area (Å²) in [5.74, 6) is -0.921. The summed E-state index contributed by atoms with van der Waals surface area (Å²) in [4.78, 5) is 46.8. The van der Waals surface area contributed by atoms with Crippen LogP contribution in [0, 0.1) is 0 Å². The van der Waals surface area contributed by atoms with Gasteiger partial charge in [-0.25, -0.2) is 14.8 Å². The smallest absolute Gasteiger partial charge is 0.328 e. The molecule has 2 amide bonds. The number of carboxylic acids is 1. The molecule has 10 heteroatoms. The van der Waals surface area contributed by atoms with Crippen molar-refractivity contribution in [2.24, 2.45) is 0 Å². The lowest BCUT2D eigenvalue weighted by molar-refractivity contribution is -0.143. The number of aliphatic hydroxyl groups is 1. The number of rotatable bonds is 18. The van der Waals surface area contributed by atoms with E-state index in [-0.39, 0.29) is 6.42 Å². The highest BCUT2D eigenvalue weighted by atomic mass is 16.5. The first kappa shape index (κ1) is 36.7. The molecule has 0 radical (unpaired) electrons. The van der Waals surface area contributed by atoms with Crippen LogP contribution in [0.5, 0.6) is 5.75 Å². The van der Waals surface area contributed by atoms with Crippen LogP contribution in [-0.4, -0.2) is 63.3 Å². The van der Waals surface area contributed by atoms with Crippen LogP contribution in [0.3, 0.4) is 0 Å². The lowest BCUT2D eigenvalue weighted by Gasteiger charge is -2.21. The zero-order chi connectivity index (χ0) is 35.2. The predicted octanol–water partition coefficient (Wildman–Crippen LogP) is 6.19. The van der Waals surface area contributed by atoms with Gasteiger partial charge >= 0.3 is 5.97 Å². The minimum atomic E-state index is -1.50. The summed E-state index contributed by atoms with van der Waals surface area (Å²) in [5, 5.41) is 23.8. The summed E-state index contributed by atoms with van der Waals surface area (Å²) < 4.78 is 5.87. The van der Waals surface area contributed by atoms with Crippen molar-refractivity contribution in [3.8, 4) is 28.3 Å². The van der Waals surface area contributed by atoms with Gasteiger partial charge in [0.25, 0.3) is 5.91 Å². The van der Waals surface area contributed by atoms with Gasteiger partial charge in [-0.1, -0.05) is 95.0 Å². The van der Waals surface area contributed by atoms with Crippen molar-refractivity contribution in [2.45, 2.75) is 77.3 Å². The molecule has 0 aliphatic carbocycles. The first-order valence-electron chi connectivity index (χ1n) is 16.9. The molecule has 1 aromatic heterocycles. The molecule has 4 aromatic rings. The Kier molecular flexibility index (Phi) is 13.8. The van der Waals surface area contributed by atoms with E-state index >= 15 is 0 Å². The number of hydrogen-bond donors (Lipinski definition) is 4. The van der Waals surface area contributed by atoms with E-state index in [1.807, 2.05) is 48.5 Å². The summed E-state index contributed by atoms with van der Waals surface area (Å²) in [7, 11) is 0. The minimum absolute atomic E-state index is 0.0814. The number of carbonyl (C=O) groups excluding carboxylic acids is 2. The molecule has 0 saturated heterocycles. The van der Waals surface area contributed by atoms with Gasteiger partial charge in [0.15, 0.2) is 5.82 Å². The van der Waals surface area contributed by atoms with E-state index in [1.165, 1.54) is 25.7 Å². The summed E-state index contributed by atoms with van der Waals surface area (Å²) in [6, 6.07) is 19.6. The standard InChI is InChI=1S/C39H46N4O6/c1-4-5-6-7-8-21-49-33-19-17-29(18-20-33)32-23-40-36(41-24-32)30-11-9-27(10-12-30)22-34(38(46)43-35(25-44)39(47)48)42-37(45)31-15-13-28(14-16-31)26(2)3/h9-20,23-24,26,34-35,44H,4-8,21-22,25H2,1-3H3,(H,42,45)(H,43,46)(H,47,48). The fourth-order valence-corrected chi connectivity index (χ4v) is 5.22. The van der Waals surface area contributed by atoms with Crippen molar-refractivity contribution in [1.29, 1.82) is 0 Å². The van der Waals surface area contributed by atoms with Gasteiger partial charge in [-0.15, -0.1) is 0 Å². The maximum atomic E-state index is 13.2. The van der Waals surface area contributed by atoms with Crippen molar-refractivity contribution in [3.63, 3.8) is 0 Å². The largest absolute Gasteiger partial charge is 0.494 e. The van der Waals surface area contributed by atoms with Gasteiger partial charge in [0.1, 0.15) is 17.8 Å². The molecule has 10 nitrogen and oxygen atoms in total. The monoisotopic (exact) mass is 666 g/mol. The molecule has 0 spiro atoms. The number of aromatic nitrogens is 2. The second kappa shape index (κ2) is 18.5. The number of carboxylic acid groups (broad SMARTS) is 1. The molecular formula is C39H46N4O6. The van der Waals surface area contributed by atoms with Crippen LogP contribution in [-0.2, 0) is 16.0 Å². The Labute approximate surface area is 288 Å². The van der Waals surface area contributed by atoms with Crippen LogP contribution < -0.4 is 15.4 Å². The van der Waals surface area contributed by atoms with Crippen molar-refractivity contribution in [2.75, 3.05) is 13.2 Å². The van der Waals surface area contributed by atoms with E-state index in [1.54, 1.807) is 36.7 Å². The third-order valence-electron chi connectivity index (χ3n) is 8.27. The number of carbonyl (C=O) groups is 3. The van der Waals surface area contributed by atoms with E-state index in [0.29, 0.717) is 23.9 Å². The molecule has 4 rings (SSSR count). The molecule has 2 atom stereocenters. The molecule has 0 aliphatic rings. The van der Waals surface area contributed by atoms with Gasteiger partial charge in [-0.2, -0.15) is 0 Å². The fraction of sp³-hybridized carbons (Fsp3) is 0.359. The Morgan fingerprint density at radius 3 is 1.98 bits per heavy atom. The number of hydrogen-bond acceptors (Lipinski definition) is 7. The first-order valence-corrected chi connectivity index (χ1v) is 16.9. The normalized spacial score (nSPS) is 12.3. The third-order valence-corrected chi connectivity index (χ3v) is 8.27. The summed E-state index contributed by atoms with van der Waals surface area (Å²) in [5.41, 5.74) is 4.77. The fourth-order valence-electron chi connectivity index (χ4n) is 5.22. The van der Waals surface area contributed by atoms with Gasteiger partial charge < -0.3 is 25.6 Å². The van der Waals surface area contributed by atoms with Crippen molar-refractivity contribution < 1.29 is 29.3 Å². The van der Waals surface area contributed by atoms with Crippen LogP contribution >= 0.6 is 0 Å². The molecule has 0 aliphatic heterocycles.